The number of pyridine rings is 1. The second-order valence-electron chi connectivity index (χ2n) is 7.45. The number of benzene rings is 1. The molecule has 0 bridgehead atoms. The minimum Gasteiger partial charge on any atom is -0.497 e. The van der Waals surface area contributed by atoms with E-state index < -0.39 is 17.6 Å². The molecule has 4 unspecified atom stereocenters. The summed E-state index contributed by atoms with van der Waals surface area (Å²) in [4.78, 5) is 28.5. The maximum Gasteiger partial charge on any atom is 0.330 e. The number of aromatic nitrogens is 1. The standard InChI is InChI=1S/C21H23N3O5/c1-3-13-10-21(13,20(26)27)24-18(25)17-9-15(11-23-17)29-19-16-5-4-14(28-2)8-12(16)6-7-22-19/h3-8,13,15,17,23H,1,9-11H2,2H3,(H,24,25)(H,26,27). The Morgan fingerprint density at radius 3 is 2.93 bits per heavy atom. The fourth-order valence-corrected chi connectivity index (χ4v) is 3.82. The lowest BCUT2D eigenvalue weighted by Gasteiger charge is -2.18. The van der Waals surface area contributed by atoms with Gasteiger partial charge in [-0.25, -0.2) is 9.78 Å². The van der Waals surface area contributed by atoms with Crippen LogP contribution in [0.2, 0.25) is 0 Å². The predicted molar refractivity (Wildman–Crippen MR) is 106 cm³/mol. The number of carbonyl (C=O) groups is 2. The van der Waals surface area contributed by atoms with Crippen molar-refractivity contribution in [3.8, 4) is 11.6 Å². The maximum atomic E-state index is 12.6. The summed E-state index contributed by atoms with van der Waals surface area (Å²) >= 11 is 0. The summed E-state index contributed by atoms with van der Waals surface area (Å²) in [6.45, 7) is 4.10. The third-order valence-corrected chi connectivity index (χ3v) is 5.65. The largest absolute Gasteiger partial charge is 0.497 e. The summed E-state index contributed by atoms with van der Waals surface area (Å²) < 4.78 is 11.3. The van der Waals surface area contributed by atoms with Crippen molar-refractivity contribution in [3.63, 3.8) is 0 Å². The number of ether oxygens (including phenoxy) is 2. The smallest absolute Gasteiger partial charge is 0.330 e. The highest BCUT2D eigenvalue weighted by Crippen LogP contribution is 2.44. The third-order valence-electron chi connectivity index (χ3n) is 5.65. The molecule has 1 saturated carbocycles. The molecule has 1 aliphatic heterocycles. The van der Waals surface area contributed by atoms with Crippen LogP contribution in [-0.4, -0.2) is 53.3 Å². The molecule has 0 radical (unpaired) electrons. The Bertz CT molecular complexity index is 978. The molecule has 2 heterocycles. The Balaban J connectivity index is 1.42. The molecule has 2 aromatic rings. The van der Waals surface area contributed by atoms with Gasteiger partial charge in [0.25, 0.3) is 0 Å². The highest BCUT2D eigenvalue weighted by Gasteiger charge is 2.60. The monoisotopic (exact) mass is 397 g/mol. The highest BCUT2D eigenvalue weighted by atomic mass is 16.5. The Hall–Kier alpha value is -3.13. The van der Waals surface area contributed by atoms with Crippen LogP contribution in [0.4, 0.5) is 0 Å². The molecule has 0 spiro atoms. The van der Waals surface area contributed by atoms with Crippen LogP contribution in [0, 0.1) is 5.92 Å². The summed E-state index contributed by atoms with van der Waals surface area (Å²) in [5.74, 6) is -0.363. The van der Waals surface area contributed by atoms with Crippen molar-refractivity contribution in [1.29, 1.82) is 0 Å². The third kappa shape index (κ3) is 3.51. The van der Waals surface area contributed by atoms with Crippen LogP contribution < -0.4 is 20.1 Å². The number of rotatable bonds is 7. The molecule has 1 aliphatic carbocycles. The van der Waals surface area contributed by atoms with Crippen molar-refractivity contribution >= 4 is 22.6 Å². The van der Waals surface area contributed by atoms with Crippen molar-refractivity contribution in [2.75, 3.05) is 13.7 Å². The zero-order chi connectivity index (χ0) is 20.6. The second-order valence-corrected chi connectivity index (χ2v) is 7.45. The molecular formula is C21H23N3O5. The van der Waals surface area contributed by atoms with Gasteiger partial charge in [0, 0.05) is 30.5 Å². The number of hydrogen-bond acceptors (Lipinski definition) is 6. The zero-order valence-corrected chi connectivity index (χ0v) is 16.1. The number of fused-ring (bicyclic) bond motifs is 1. The first kappa shape index (κ1) is 19.2. The Labute approximate surface area is 167 Å². The van der Waals surface area contributed by atoms with Crippen LogP contribution in [0.1, 0.15) is 12.8 Å². The van der Waals surface area contributed by atoms with Crippen LogP contribution >= 0.6 is 0 Å². The lowest BCUT2D eigenvalue weighted by atomic mass is 10.1. The minimum atomic E-state index is -1.23. The van der Waals surface area contributed by atoms with Gasteiger partial charge in [-0.05, 0) is 36.1 Å². The van der Waals surface area contributed by atoms with E-state index in [1.807, 2.05) is 24.3 Å². The van der Waals surface area contributed by atoms with E-state index in [4.69, 9.17) is 9.47 Å². The van der Waals surface area contributed by atoms with Crippen molar-refractivity contribution in [1.82, 2.24) is 15.6 Å². The first-order valence-electron chi connectivity index (χ1n) is 9.47. The summed E-state index contributed by atoms with van der Waals surface area (Å²) in [7, 11) is 1.61. The summed E-state index contributed by atoms with van der Waals surface area (Å²) in [5, 5.41) is 17.1. The van der Waals surface area contributed by atoms with Crippen LogP contribution in [-0.2, 0) is 9.59 Å². The molecule has 2 aliphatic rings. The lowest BCUT2D eigenvalue weighted by Crippen LogP contribution is -2.51. The molecule has 3 N–H and O–H groups in total. The average Bonchev–Trinajstić information content (AvgIpc) is 3.25. The van der Waals surface area contributed by atoms with Gasteiger partial charge in [0.2, 0.25) is 11.8 Å². The van der Waals surface area contributed by atoms with E-state index in [0.29, 0.717) is 25.3 Å². The fourth-order valence-electron chi connectivity index (χ4n) is 3.82. The quantitative estimate of drug-likeness (QED) is 0.607. The first-order valence-corrected chi connectivity index (χ1v) is 9.47. The van der Waals surface area contributed by atoms with Crippen molar-refractivity contribution in [3.05, 3.63) is 43.1 Å². The molecule has 8 heteroatoms. The highest BCUT2D eigenvalue weighted by molar-refractivity contribution is 5.93. The second kappa shape index (κ2) is 7.36. The van der Waals surface area contributed by atoms with Gasteiger partial charge in [-0.15, -0.1) is 6.58 Å². The van der Waals surface area contributed by atoms with Crippen molar-refractivity contribution < 1.29 is 24.2 Å². The molecule has 1 aromatic carbocycles. The Morgan fingerprint density at radius 2 is 2.24 bits per heavy atom. The number of nitrogens with zero attached hydrogens (tertiary/aromatic N) is 1. The van der Waals surface area contributed by atoms with Gasteiger partial charge in [0.05, 0.1) is 13.2 Å². The van der Waals surface area contributed by atoms with Gasteiger partial charge in [-0.2, -0.15) is 0 Å². The van der Waals surface area contributed by atoms with Crippen molar-refractivity contribution in [2.45, 2.75) is 30.5 Å². The predicted octanol–water partition coefficient (Wildman–Crippen LogP) is 1.50. The molecule has 1 saturated heterocycles. The van der Waals surface area contributed by atoms with E-state index in [9.17, 15) is 14.7 Å². The minimum absolute atomic E-state index is 0.241. The van der Waals surface area contributed by atoms with E-state index >= 15 is 0 Å². The first-order chi connectivity index (χ1) is 14.0. The number of hydrogen-bond donors (Lipinski definition) is 3. The van der Waals surface area contributed by atoms with E-state index in [2.05, 4.69) is 22.2 Å². The van der Waals surface area contributed by atoms with Gasteiger partial charge >= 0.3 is 5.97 Å². The van der Waals surface area contributed by atoms with Crippen LogP contribution in [0.5, 0.6) is 11.6 Å². The molecular weight excluding hydrogens is 374 g/mol. The van der Waals surface area contributed by atoms with E-state index in [1.54, 1.807) is 19.4 Å². The van der Waals surface area contributed by atoms with Gasteiger partial charge in [-0.3, -0.25) is 4.79 Å². The topological polar surface area (TPSA) is 110 Å². The number of nitrogens with one attached hydrogen (secondary N) is 2. The van der Waals surface area contributed by atoms with Crippen LogP contribution in [0.25, 0.3) is 10.8 Å². The van der Waals surface area contributed by atoms with Crippen LogP contribution in [0.3, 0.4) is 0 Å². The van der Waals surface area contributed by atoms with E-state index in [1.165, 1.54) is 0 Å². The van der Waals surface area contributed by atoms with Crippen LogP contribution in [0.15, 0.2) is 43.1 Å². The summed E-state index contributed by atoms with van der Waals surface area (Å²) in [6.07, 6.45) is 3.79. The van der Waals surface area contributed by atoms with Gasteiger partial charge in [0.15, 0.2) is 0 Å². The molecule has 152 valence electrons. The normalized spacial score (nSPS) is 28.0. The van der Waals surface area contributed by atoms with E-state index in [-0.39, 0.29) is 17.9 Å². The molecule has 4 atom stereocenters. The number of amides is 1. The summed E-state index contributed by atoms with van der Waals surface area (Å²) in [5.41, 5.74) is -1.23. The number of carboxylic acid groups (broad SMARTS) is 1. The number of carbonyl (C=O) groups excluding carboxylic acids is 1. The van der Waals surface area contributed by atoms with E-state index in [0.717, 1.165) is 16.5 Å². The molecule has 29 heavy (non-hydrogen) atoms. The summed E-state index contributed by atoms with van der Waals surface area (Å²) in [6, 6.07) is 7.01. The molecule has 8 nitrogen and oxygen atoms in total. The average molecular weight is 397 g/mol. The number of carboxylic acids is 1. The van der Waals surface area contributed by atoms with Gasteiger partial charge in [-0.1, -0.05) is 6.08 Å². The Kier molecular flexibility index (Phi) is 4.87. The van der Waals surface area contributed by atoms with Gasteiger partial charge in [0.1, 0.15) is 17.4 Å². The fraction of sp³-hybridized carbons (Fsp3) is 0.381. The molecule has 4 rings (SSSR count). The maximum absolute atomic E-state index is 12.6. The molecule has 2 fully saturated rings. The SMILES string of the molecule is C=CC1CC1(NC(=O)C1CC(Oc2nccc3cc(OC)ccc23)CN1)C(=O)O. The number of methoxy groups -OCH3 is 1. The van der Waals surface area contributed by atoms with Crippen molar-refractivity contribution in [2.24, 2.45) is 5.92 Å². The van der Waals surface area contributed by atoms with Gasteiger partial charge < -0.3 is 25.2 Å². The Morgan fingerprint density at radius 1 is 1.41 bits per heavy atom. The molecule has 1 amide bonds. The lowest BCUT2D eigenvalue weighted by molar-refractivity contribution is -0.143. The zero-order valence-electron chi connectivity index (χ0n) is 16.1. The number of aliphatic carboxylic acids is 1. The molecule has 1 aromatic heterocycles.